The normalized spacial score (nSPS) is 19.5. The van der Waals surface area contributed by atoms with E-state index in [0.717, 1.165) is 23.5 Å². The van der Waals surface area contributed by atoms with Crippen molar-refractivity contribution in [2.24, 2.45) is 5.92 Å². The van der Waals surface area contributed by atoms with E-state index in [-0.39, 0.29) is 35.3 Å². The minimum absolute atomic E-state index is 0.0300. The molecule has 2 heterocycles. The molecule has 2 aliphatic rings. The molecule has 1 atom stereocenters. The Kier molecular flexibility index (Phi) is 8.82. The van der Waals surface area contributed by atoms with Crippen molar-refractivity contribution in [2.45, 2.75) is 78.0 Å². The van der Waals surface area contributed by atoms with Crippen molar-refractivity contribution in [3.63, 3.8) is 0 Å². The number of rotatable bonds is 8. The highest BCUT2D eigenvalue weighted by Crippen LogP contribution is 2.29. The highest BCUT2D eigenvalue weighted by Gasteiger charge is 2.34. The van der Waals surface area contributed by atoms with E-state index in [1.807, 2.05) is 69.3 Å². The number of morpholine rings is 1. The summed E-state index contributed by atoms with van der Waals surface area (Å²) in [5.41, 5.74) is 1.70. The van der Waals surface area contributed by atoms with Crippen LogP contribution in [0.2, 0.25) is 0 Å². The standard InChI is InChI=1S/C35H42N2O5S/c1-23-19-36(22-35(5,6)42-23)31(39)20-37-32(18-29(38)26-11-13-27(14-12-26)34(2,3)4)43-30(33(37)40)17-24-9-15-28(16-10-24)41-21-25-7-8-25/h9-18,23,25H,7-8,19-22H2,1-6H3/b30-17-,32-18-. The van der Waals surface area contributed by atoms with Gasteiger partial charge in [0.25, 0.3) is 5.56 Å². The summed E-state index contributed by atoms with van der Waals surface area (Å²) in [4.78, 5) is 42.3. The number of hydrogen-bond donors (Lipinski definition) is 0. The maximum absolute atomic E-state index is 13.7. The molecule has 5 rings (SSSR count). The van der Waals surface area contributed by atoms with Gasteiger partial charge in [0.1, 0.15) is 17.0 Å². The first-order valence-corrected chi connectivity index (χ1v) is 15.9. The van der Waals surface area contributed by atoms with Gasteiger partial charge in [-0.05, 0) is 74.3 Å². The second-order valence-corrected chi connectivity index (χ2v) is 14.5. The van der Waals surface area contributed by atoms with Crippen LogP contribution in [0.3, 0.4) is 0 Å². The molecule has 1 saturated carbocycles. The molecule has 0 bridgehead atoms. The molecule has 0 radical (unpaired) electrons. The van der Waals surface area contributed by atoms with Crippen molar-refractivity contribution in [1.29, 1.82) is 0 Å². The summed E-state index contributed by atoms with van der Waals surface area (Å²) in [6, 6.07) is 15.2. The Morgan fingerprint density at radius 1 is 1.07 bits per heavy atom. The molecule has 1 aromatic heterocycles. The topological polar surface area (TPSA) is 77.8 Å². The first kappa shape index (κ1) is 31.0. The monoisotopic (exact) mass is 602 g/mol. The molecule has 43 heavy (non-hydrogen) atoms. The van der Waals surface area contributed by atoms with Crippen LogP contribution in [-0.4, -0.2) is 52.6 Å². The van der Waals surface area contributed by atoms with Gasteiger partial charge >= 0.3 is 0 Å². The third kappa shape index (κ3) is 7.92. The fraction of sp³-hybridized carbons (Fsp3) is 0.457. The van der Waals surface area contributed by atoms with Crippen LogP contribution in [0, 0.1) is 5.92 Å². The number of aromatic nitrogens is 1. The average molecular weight is 603 g/mol. The van der Waals surface area contributed by atoms with E-state index in [1.165, 1.54) is 34.8 Å². The maximum Gasteiger partial charge on any atom is 0.269 e. The number of thiazole rings is 1. The van der Waals surface area contributed by atoms with Gasteiger partial charge in [0, 0.05) is 24.7 Å². The molecule has 0 N–H and O–H groups in total. The Labute approximate surface area is 257 Å². The van der Waals surface area contributed by atoms with Gasteiger partial charge in [-0.3, -0.25) is 19.0 Å². The minimum Gasteiger partial charge on any atom is -0.493 e. The second kappa shape index (κ2) is 12.2. The zero-order chi connectivity index (χ0) is 30.9. The third-order valence-electron chi connectivity index (χ3n) is 7.80. The zero-order valence-corrected chi connectivity index (χ0v) is 26.8. The zero-order valence-electron chi connectivity index (χ0n) is 26.0. The molecule has 2 aromatic carbocycles. The van der Waals surface area contributed by atoms with Gasteiger partial charge in [-0.15, -0.1) is 11.3 Å². The summed E-state index contributed by atoms with van der Waals surface area (Å²) in [6.45, 7) is 13.7. The summed E-state index contributed by atoms with van der Waals surface area (Å²) >= 11 is 1.22. The molecule has 1 amide bonds. The quantitative estimate of drug-likeness (QED) is 0.355. The first-order chi connectivity index (χ1) is 20.3. The first-order valence-electron chi connectivity index (χ1n) is 15.0. The third-order valence-corrected chi connectivity index (χ3v) is 8.86. The number of nitrogens with zero attached hydrogens (tertiary/aromatic N) is 2. The van der Waals surface area contributed by atoms with E-state index < -0.39 is 5.60 Å². The van der Waals surface area contributed by atoms with Crippen LogP contribution in [-0.2, 0) is 21.5 Å². The van der Waals surface area contributed by atoms with Crippen LogP contribution in [0.1, 0.15) is 75.9 Å². The number of amides is 1. The van der Waals surface area contributed by atoms with E-state index in [9.17, 15) is 14.4 Å². The van der Waals surface area contributed by atoms with Gasteiger partial charge in [-0.1, -0.05) is 57.2 Å². The van der Waals surface area contributed by atoms with Crippen molar-refractivity contribution < 1.29 is 19.1 Å². The summed E-state index contributed by atoms with van der Waals surface area (Å²) in [7, 11) is 0. The van der Waals surface area contributed by atoms with Gasteiger partial charge in [-0.25, -0.2) is 0 Å². The van der Waals surface area contributed by atoms with Crippen LogP contribution in [0.15, 0.2) is 53.3 Å². The predicted octanol–water partition coefficient (Wildman–Crippen LogP) is 4.51. The van der Waals surface area contributed by atoms with Crippen molar-refractivity contribution in [3.8, 4) is 5.75 Å². The van der Waals surface area contributed by atoms with Gasteiger partial charge in [0.15, 0.2) is 5.78 Å². The Balaban J connectivity index is 1.48. The summed E-state index contributed by atoms with van der Waals surface area (Å²) < 4.78 is 14.1. The van der Waals surface area contributed by atoms with Crippen LogP contribution in [0.25, 0.3) is 12.2 Å². The van der Waals surface area contributed by atoms with E-state index in [4.69, 9.17) is 9.47 Å². The smallest absolute Gasteiger partial charge is 0.269 e. The van der Waals surface area contributed by atoms with Crippen molar-refractivity contribution in [3.05, 3.63) is 84.8 Å². The lowest BCUT2D eigenvalue weighted by Crippen LogP contribution is -2.55. The number of Topliss-reactive ketones (excluding diaryl/α,β-unsaturated/α-hetero) is 1. The molecule has 1 aliphatic carbocycles. The summed E-state index contributed by atoms with van der Waals surface area (Å²) in [5, 5.41) is 0. The lowest BCUT2D eigenvalue weighted by Gasteiger charge is -2.41. The van der Waals surface area contributed by atoms with Gasteiger partial charge in [0.05, 0.1) is 22.8 Å². The molecular weight excluding hydrogens is 560 g/mol. The van der Waals surface area contributed by atoms with Crippen LogP contribution >= 0.6 is 11.3 Å². The minimum atomic E-state index is -0.482. The second-order valence-electron chi connectivity index (χ2n) is 13.5. The largest absolute Gasteiger partial charge is 0.493 e. The van der Waals surface area contributed by atoms with E-state index in [2.05, 4.69) is 20.8 Å². The maximum atomic E-state index is 13.7. The summed E-state index contributed by atoms with van der Waals surface area (Å²) in [6.07, 6.45) is 5.62. The Bertz CT molecular complexity index is 1660. The Morgan fingerprint density at radius 3 is 2.35 bits per heavy atom. The van der Waals surface area contributed by atoms with Crippen LogP contribution < -0.4 is 19.5 Å². The number of carbonyl (C=O) groups is 2. The molecule has 228 valence electrons. The highest BCUT2D eigenvalue weighted by molar-refractivity contribution is 7.07. The highest BCUT2D eigenvalue weighted by atomic mass is 32.1. The Hall–Kier alpha value is -3.49. The van der Waals surface area contributed by atoms with Crippen molar-refractivity contribution in [1.82, 2.24) is 9.47 Å². The number of benzene rings is 2. The SMILES string of the molecule is CC1CN(C(=O)Cn2c(=O)/c(=C/c3ccc(OCC4CC4)cc3)s/c2=C\C(=O)c2ccc(C(C)(C)C)cc2)CC(C)(C)O1. The predicted molar refractivity (Wildman–Crippen MR) is 171 cm³/mol. The van der Waals surface area contributed by atoms with Crippen molar-refractivity contribution >= 4 is 35.2 Å². The molecule has 1 saturated heterocycles. The number of carbonyl (C=O) groups excluding carboxylic acids is 2. The lowest BCUT2D eigenvalue weighted by atomic mass is 9.86. The van der Waals surface area contributed by atoms with Crippen LogP contribution in [0.5, 0.6) is 5.75 Å². The fourth-order valence-corrected chi connectivity index (χ4v) is 6.35. The molecule has 7 nitrogen and oxygen atoms in total. The molecule has 1 aliphatic heterocycles. The molecule has 8 heteroatoms. The molecular formula is C35H42N2O5S. The Morgan fingerprint density at radius 2 is 1.74 bits per heavy atom. The number of ether oxygens (including phenoxy) is 2. The van der Waals surface area contributed by atoms with Gasteiger partial charge in [-0.2, -0.15) is 0 Å². The van der Waals surface area contributed by atoms with Crippen LogP contribution in [0.4, 0.5) is 0 Å². The molecule has 2 fully saturated rings. The molecule has 0 spiro atoms. The summed E-state index contributed by atoms with van der Waals surface area (Å²) in [5.74, 6) is 1.08. The van der Waals surface area contributed by atoms with Crippen molar-refractivity contribution in [2.75, 3.05) is 19.7 Å². The lowest BCUT2D eigenvalue weighted by molar-refractivity contribution is -0.158. The van der Waals surface area contributed by atoms with E-state index in [0.29, 0.717) is 33.8 Å². The van der Waals surface area contributed by atoms with Gasteiger partial charge in [0.2, 0.25) is 5.91 Å². The fourth-order valence-electron chi connectivity index (χ4n) is 5.31. The number of hydrogen-bond acceptors (Lipinski definition) is 6. The van der Waals surface area contributed by atoms with Gasteiger partial charge < -0.3 is 14.4 Å². The molecule has 3 aromatic rings. The van der Waals surface area contributed by atoms with E-state index in [1.54, 1.807) is 11.0 Å². The van der Waals surface area contributed by atoms with E-state index >= 15 is 0 Å². The number of ketones is 1. The average Bonchev–Trinajstić information content (AvgIpc) is 3.73. The molecule has 1 unspecified atom stereocenters.